The number of benzene rings is 1. The zero-order chi connectivity index (χ0) is 17.4. The summed E-state index contributed by atoms with van der Waals surface area (Å²) in [6.07, 6.45) is 5.93. The quantitative estimate of drug-likeness (QED) is 0.779. The lowest BCUT2D eigenvalue weighted by Crippen LogP contribution is -2.54. The molecule has 25 heavy (non-hydrogen) atoms. The van der Waals surface area contributed by atoms with Crippen LogP contribution in [0, 0.1) is 5.41 Å². The van der Waals surface area contributed by atoms with E-state index in [4.69, 9.17) is 0 Å². The molecule has 0 bridgehead atoms. The van der Waals surface area contributed by atoms with E-state index in [-0.39, 0.29) is 5.78 Å². The molecule has 0 aliphatic carbocycles. The Morgan fingerprint density at radius 2 is 2.00 bits per heavy atom. The molecule has 1 saturated heterocycles. The molecule has 1 fully saturated rings. The maximum atomic E-state index is 12.3. The van der Waals surface area contributed by atoms with Gasteiger partial charge >= 0.3 is 0 Å². The Labute approximate surface area is 147 Å². The highest BCUT2D eigenvalue weighted by molar-refractivity contribution is 5.88. The molecule has 0 unspecified atom stereocenters. The summed E-state index contributed by atoms with van der Waals surface area (Å²) in [6.45, 7) is 6.99. The van der Waals surface area contributed by atoms with Crippen LogP contribution in [0.5, 0.6) is 0 Å². The van der Waals surface area contributed by atoms with E-state index in [1.807, 2.05) is 18.5 Å². The minimum Gasteiger partial charge on any atom is -0.298 e. The molecule has 0 radical (unpaired) electrons. The van der Waals surface area contributed by atoms with Crippen LogP contribution < -0.4 is 0 Å². The van der Waals surface area contributed by atoms with E-state index in [2.05, 4.69) is 52.1 Å². The van der Waals surface area contributed by atoms with Crippen molar-refractivity contribution in [3.63, 3.8) is 0 Å². The minimum absolute atomic E-state index is 0.230. The Bertz CT molecular complexity index is 907. The molecule has 5 heteroatoms. The summed E-state index contributed by atoms with van der Waals surface area (Å²) in [5.74, 6) is 0.230. The van der Waals surface area contributed by atoms with E-state index >= 15 is 0 Å². The van der Waals surface area contributed by atoms with E-state index in [1.54, 1.807) is 6.20 Å². The normalized spacial score (nSPS) is 16.7. The highest BCUT2D eigenvalue weighted by Gasteiger charge is 2.34. The van der Waals surface area contributed by atoms with Crippen molar-refractivity contribution in [2.45, 2.75) is 20.3 Å². The predicted octanol–water partition coefficient (Wildman–Crippen LogP) is 3.08. The first kappa shape index (κ1) is 16.0. The van der Waals surface area contributed by atoms with Gasteiger partial charge in [0.1, 0.15) is 0 Å². The third-order valence-electron chi connectivity index (χ3n) is 4.69. The Balaban J connectivity index is 1.49. The number of nitrogens with zero attached hydrogens (tertiary/aromatic N) is 3. The lowest BCUT2D eigenvalue weighted by atomic mass is 9.84. The molecule has 0 saturated carbocycles. The number of pyridine rings is 1. The first-order valence-electron chi connectivity index (χ1n) is 8.60. The Morgan fingerprint density at radius 3 is 2.72 bits per heavy atom. The smallest absolute Gasteiger partial charge is 0.152 e. The number of nitrogens with one attached hydrogen (secondary N) is 1. The zero-order valence-corrected chi connectivity index (χ0v) is 14.6. The van der Waals surface area contributed by atoms with Crippen molar-refractivity contribution in [2.24, 2.45) is 5.41 Å². The molecule has 4 rings (SSSR count). The summed E-state index contributed by atoms with van der Waals surface area (Å²) in [5.41, 5.74) is 3.34. The van der Waals surface area contributed by atoms with Crippen LogP contribution in [0.15, 0.2) is 42.9 Å². The summed E-state index contributed by atoms with van der Waals surface area (Å²) >= 11 is 0. The highest BCUT2D eigenvalue weighted by atomic mass is 16.1. The number of fused-ring (bicyclic) bond motifs is 1. The topological polar surface area (TPSA) is 61.9 Å². The second-order valence-electron chi connectivity index (χ2n) is 7.75. The van der Waals surface area contributed by atoms with Crippen LogP contribution in [0.4, 0.5) is 0 Å². The van der Waals surface area contributed by atoms with Gasteiger partial charge in [-0.25, -0.2) is 0 Å². The van der Waals surface area contributed by atoms with Crippen molar-refractivity contribution in [1.82, 2.24) is 20.1 Å². The first-order valence-corrected chi connectivity index (χ1v) is 8.60. The van der Waals surface area contributed by atoms with Crippen molar-refractivity contribution in [3.05, 3.63) is 48.5 Å². The van der Waals surface area contributed by atoms with Crippen molar-refractivity contribution < 1.29 is 4.79 Å². The van der Waals surface area contributed by atoms with Gasteiger partial charge in [-0.3, -0.25) is 19.8 Å². The molecule has 0 amide bonds. The number of aromatic nitrogens is 3. The fraction of sp³-hybridized carbons (Fsp3) is 0.350. The van der Waals surface area contributed by atoms with Crippen LogP contribution in [-0.4, -0.2) is 45.5 Å². The van der Waals surface area contributed by atoms with Crippen LogP contribution in [0.1, 0.15) is 19.5 Å². The zero-order valence-electron chi connectivity index (χ0n) is 14.6. The standard InChI is InChI=1S/C20H22N4O/c1-20(2)12-24(13-20)11-19(25)7-18-6-16-5-14(17-9-22-23-10-17)3-4-15(16)8-21-18/h3-6,8-10H,7,11-13H2,1-2H3,(H,22,23). The summed E-state index contributed by atoms with van der Waals surface area (Å²) in [4.78, 5) is 19.0. The molecule has 5 nitrogen and oxygen atoms in total. The number of likely N-dealkylation sites (tertiary alicyclic amines) is 1. The molecular weight excluding hydrogens is 312 g/mol. The molecule has 3 heterocycles. The van der Waals surface area contributed by atoms with Crippen LogP contribution >= 0.6 is 0 Å². The first-order chi connectivity index (χ1) is 12.0. The SMILES string of the molecule is CC1(C)CN(CC(=O)Cc2cc3cc(-c4cn[nH]c4)ccc3cn2)C1. The lowest BCUT2D eigenvalue weighted by Gasteiger charge is -2.45. The Hall–Kier alpha value is -2.53. The molecule has 2 aromatic heterocycles. The van der Waals surface area contributed by atoms with Crippen LogP contribution in [0.25, 0.3) is 21.9 Å². The second kappa shape index (κ2) is 6.08. The maximum absolute atomic E-state index is 12.3. The van der Waals surface area contributed by atoms with Crippen LogP contribution in [-0.2, 0) is 11.2 Å². The average molecular weight is 334 g/mol. The van der Waals surface area contributed by atoms with E-state index < -0.39 is 0 Å². The van der Waals surface area contributed by atoms with Gasteiger partial charge in [-0.1, -0.05) is 26.0 Å². The lowest BCUT2D eigenvalue weighted by molar-refractivity contribution is -0.122. The molecule has 0 spiro atoms. The van der Waals surface area contributed by atoms with E-state index in [9.17, 15) is 4.79 Å². The van der Waals surface area contributed by atoms with Gasteiger partial charge in [0.15, 0.2) is 5.78 Å². The van der Waals surface area contributed by atoms with Crippen LogP contribution in [0.2, 0.25) is 0 Å². The van der Waals surface area contributed by atoms with Crippen molar-refractivity contribution in [1.29, 1.82) is 0 Å². The second-order valence-corrected chi connectivity index (χ2v) is 7.75. The Morgan fingerprint density at radius 1 is 1.16 bits per heavy atom. The third kappa shape index (κ3) is 3.46. The number of hydrogen-bond donors (Lipinski definition) is 1. The number of H-pyrrole nitrogens is 1. The number of hydrogen-bond acceptors (Lipinski definition) is 4. The van der Waals surface area contributed by atoms with Crippen LogP contribution in [0.3, 0.4) is 0 Å². The molecule has 3 aromatic rings. The molecule has 0 atom stereocenters. The van der Waals surface area contributed by atoms with Gasteiger partial charge in [-0.2, -0.15) is 5.10 Å². The number of carbonyl (C=O) groups is 1. The van der Waals surface area contributed by atoms with E-state index in [1.165, 1.54) is 0 Å². The number of carbonyl (C=O) groups excluding carboxylic acids is 1. The maximum Gasteiger partial charge on any atom is 0.152 e. The summed E-state index contributed by atoms with van der Waals surface area (Å²) in [7, 11) is 0. The molecule has 128 valence electrons. The number of Topliss-reactive ketones (excluding diaryl/α,β-unsaturated/α-hetero) is 1. The predicted molar refractivity (Wildman–Crippen MR) is 98.3 cm³/mol. The molecule has 1 N–H and O–H groups in total. The molecular formula is C20H22N4O. The van der Waals surface area contributed by atoms with Crippen molar-refractivity contribution in [3.8, 4) is 11.1 Å². The molecule has 1 aliphatic rings. The van der Waals surface area contributed by atoms with Gasteiger partial charge in [0, 0.05) is 42.1 Å². The van der Waals surface area contributed by atoms with E-state index in [0.717, 1.165) is 40.7 Å². The van der Waals surface area contributed by atoms with Gasteiger partial charge < -0.3 is 0 Å². The average Bonchev–Trinajstić information content (AvgIpc) is 3.06. The monoisotopic (exact) mass is 334 g/mol. The minimum atomic E-state index is 0.230. The Kier molecular flexibility index (Phi) is 3.88. The fourth-order valence-corrected chi connectivity index (χ4v) is 3.66. The molecule has 1 aliphatic heterocycles. The molecule has 1 aromatic carbocycles. The number of aromatic amines is 1. The van der Waals surface area contributed by atoms with Gasteiger partial charge in [0.05, 0.1) is 19.2 Å². The van der Waals surface area contributed by atoms with E-state index in [0.29, 0.717) is 18.4 Å². The van der Waals surface area contributed by atoms with Crippen molar-refractivity contribution in [2.75, 3.05) is 19.6 Å². The number of rotatable bonds is 5. The third-order valence-corrected chi connectivity index (χ3v) is 4.69. The number of ketones is 1. The highest BCUT2D eigenvalue weighted by Crippen LogP contribution is 2.28. The van der Waals surface area contributed by atoms with Gasteiger partial charge in [-0.05, 0) is 28.5 Å². The summed E-state index contributed by atoms with van der Waals surface area (Å²) in [6, 6.07) is 8.26. The van der Waals surface area contributed by atoms with Gasteiger partial charge in [-0.15, -0.1) is 0 Å². The largest absolute Gasteiger partial charge is 0.298 e. The summed E-state index contributed by atoms with van der Waals surface area (Å²) < 4.78 is 0. The van der Waals surface area contributed by atoms with Gasteiger partial charge in [0.25, 0.3) is 0 Å². The summed E-state index contributed by atoms with van der Waals surface area (Å²) in [5, 5.41) is 9.01. The fourth-order valence-electron chi connectivity index (χ4n) is 3.66. The van der Waals surface area contributed by atoms with Gasteiger partial charge in [0.2, 0.25) is 0 Å². The van der Waals surface area contributed by atoms with Crippen molar-refractivity contribution >= 4 is 16.6 Å².